The van der Waals surface area contributed by atoms with Crippen molar-refractivity contribution in [1.29, 1.82) is 0 Å². The lowest BCUT2D eigenvalue weighted by Gasteiger charge is -2.11. The number of furan rings is 2. The fourth-order valence-electron chi connectivity index (χ4n) is 8.60. The molecule has 0 atom stereocenters. The Morgan fingerprint density at radius 1 is 0.293 bits per heavy atom. The summed E-state index contributed by atoms with van der Waals surface area (Å²) >= 11 is 0. The average molecular weight is 742 g/mol. The summed E-state index contributed by atoms with van der Waals surface area (Å²) in [6.45, 7) is 0. The van der Waals surface area contributed by atoms with E-state index in [1.54, 1.807) is 0 Å². The highest BCUT2D eigenvalue weighted by Crippen LogP contribution is 2.43. The maximum absolute atomic E-state index is 6.60. The van der Waals surface area contributed by atoms with E-state index >= 15 is 0 Å². The molecule has 0 bridgehead atoms. The lowest BCUT2D eigenvalue weighted by Crippen LogP contribution is -2.00. The Kier molecular flexibility index (Phi) is 7.16. The van der Waals surface area contributed by atoms with Gasteiger partial charge in [-0.3, -0.25) is 0 Å². The monoisotopic (exact) mass is 741 g/mol. The third-order valence-electron chi connectivity index (χ3n) is 11.3. The maximum atomic E-state index is 6.60. The van der Waals surface area contributed by atoms with E-state index in [1.165, 1.54) is 21.9 Å². The van der Waals surface area contributed by atoms with E-state index in [1.807, 2.05) is 48.5 Å². The molecular formula is C53H31N3O2. The van der Waals surface area contributed by atoms with Gasteiger partial charge in [0.2, 0.25) is 0 Å². The summed E-state index contributed by atoms with van der Waals surface area (Å²) in [5.74, 6) is 1.66. The van der Waals surface area contributed by atoms with Gasteiger partial charge in [-0.2, -0.15) is 0 Å². The summed E-state index contributed by atoms with van der Waals surface area (Å²) in [7, 11) is 0. The van der Waals surface area contributed by atoms with Gasteiger partial charge in [0.05, 0.1) is 5.56 Å². The van der Waals surface area contributed by atoms with Crippen molar-refractivity contribution >= 4 is 65.4 Å². The van der Waals surface area contributed by atoms with E-state index in [2.05, 4.69) is 140 Å². The molecule has 0 N–H and O–H groups in total. The molecule has 3 heterocycles. The van der Waals surface area contributed by atoms with Crippen LogP contribution in [0, 0.1) is 0 Å². The van der Waals surface area contributed by atoms with Crippen LogP contribution in [0.15, 0.2) is 197 Å². The molecule has 12 aromatic rings. The number of fused-ring (bicyclic) bond motifs is 8. The van der Waals surface area contributed by atoms with Gasteiger partial charge in [-0.1, -0.05) is 158 Å². The second-order valence-electron chi connectivity index (χ2n) is 14.7. The molecule has 0 fully saturated rings. The van der Waals surface area contributed by atoms with Crippen LogP contribution in [-0.4, -0.2) is 15.0 Å². The third-order valence-corrected chi connectivity index (χ3v) is 11.3. The lowest BCUT2D eigenvalue weighted by atomic mass is 9.94. The molecule has 0 aliphatic carbocycles. The molecule has 5 nitrogen and oxygen atoms in total. The Morgan fingerprint density at radius 3 is 1.64 bits per heavy atom. The third kappa shape index (κ3) is 5.14. The van der Waals surface area contributed by atoms with Gasteiger partial charge >= 0.3 is 0 Å². The zero-order valence-electron chi connectivity index (χ0n) is 31.1. The van der Waals surface area contributed by atoms with Gasteiger partial charge in [0.15, 0.2) is 17.5 Å². The number of benzene rings is 9. The molecule has 12 rings (SSSR count). The van der Waals surface area contributed by atoms with Crippen LogP contribution in [0.3, 0.4) is 0 Å². The van der Waals surface area contributed by atoms with E-state index in [-0.39, 0.29) is 0 Å². The molecule has 5 heteroatoms. The number of hydrogen-bond donors (Lipinski definition) is 0. The van der Waals surface area contributed by atoms with Crippen LogP contribution in [0.4, 0.5) is 0 Å². The van der Waals surface area contributed by atoms with Crippen molar-refractivity contribution in [2.75, 3.05) is 0 Å². The molecule has 3 aromatic heterocycles. The molecule has 270 valence electrons. The van der Waals surface area contributed by atoms with Crippen molar-refractivity contribution < 1.29 is 8.83 Å². The molecule has 0 amide bonds. The van der Waals surface area contributed by atoms with Gasteiger partial charge in [-0.15, -0.1) is 0 Å². The summed E-state index contributed by atoms with van der Waals surface area (Å²) in [5.41, 5.74) is 10.2. The first-order chi connectivity index (χ1) is 28.7. The molecular weight excluding hydrogens is 711 g/mol. The first-order valence-electron chi connectivity index (χ1n) is 19.4. The Balaban J connectivity index is 1.07. The fraction of sp³-hybridized carbons (Fsp3) is 0. The minimum atomic E-state index is 0.534. The number of para-hydroxylation sites is 2. The van der Waals surface area contributed by atoms with Gasteiger partial charge in [0, 0.05) is 32.7 Å². The van der Waals surface area contributed by atoms with E-state index in [0.717, 1.165) is 82.5 Å². The summed E-state index contributed by atoms with van der Waals surface area (Å²) in [6, 6.07) is 65.2. The van der Waals surface area contributed by atoms with Crippen molar-refractivity contribution in [1.82, 2.24) is 15.0 Å². The Labute approximate surface area is 332 Å². The number of hydrogen-bond acceptors (Lipinski definition) is 5. The largest absolute Gasteiger partial charge is 0.456 e. The molecule has 0 aliphatic heterocycles. The number of aromatic nitrogens is 3. The predicted molar refractivity (Wildman–Crippen MR) is 237 cm³/mol. The second kappa shape index (κ2) is 12.8. The van der Waals surface area contributed by atoms with E-state index in [9.17, 15) is 0 Å². The fourth-order valence-corrected chi connectivity index (χ4v) is 8.60. The van der Waals surface area contributed by atoms with Crippen LogP contribution in [-0.2, 0) is 0 Å². The van der Waals surface area contributed by atoms with Crippen molar-refractivity contribution in [3.8, 4) is 56.4 Å². The van der Waals surface area contributed by atoms with Gasteiger partial charge in [0.25, 0.3) is 0 Å². The predicted octanol–water partition coefficient (Wildman–Crippen LogP) is 14.3. The van der Waals surface area contributed by atoms with E-state index in [4.69, 9.17) is 23.8 Å². The van der Waals surface area contributed by atoms with Gasteiger partial charge in [0.1, 0.15) is 22.3 Å². The summed E-state index contributed by atoms with van der Waals surface area (Å²) in [5, 5.41) is 8.76. The van der Waals surface area contributed by atoms with Gasteiger partial charge in [-0.25, -0.2) is 15.0 Å². The van der Waals surface area contributed by atoms with Crippen LogP contribution in [0.25, 0.3) is 122 Å². The zero-order valence-corrected chi connectivity index (χ0v) is 31.1. The quantitative estimate of drug-likeness (QED) is 0.176. The Bertz CT molecular complexity index is 3570. The van der Waals surface area contributed by atoms with Crippen LogP contribution < -0.4 is 0 Å². The zero-order chi connectivity index (χ0) is 38.2. The van der Waals surface area contributed by atoms with Crippen LogP contribution >= 0.6 is 0 Å². The summed E-state index contributed by atoms with van der Waals surface area (Å²) in [4.78, 5) is 15.7. The molecule has 9 aromatic carbocycles. The van der Waals surface area contributed by atoms with Gasteiger partial charge < -0.3 is 8.83 Å². The highest BCUT2D eigenvalue weighted by atomic mass is 16.3. The highest BCUT2D eigenvalue weighted by molar-refractivity contribution is 6.17. The van der Waals surface area contributed by atoms with Gasteiger partial charge in [-0.05, 0) is 74.1 Å². The topological polar surface area (TPSA) is 65.0 Å². The highest BCUT2D eigenvalue weighted by Gasteiger charge is 2.22. The molecule has 0 saturated carbocycles. The number of nitrogens with zero attached hydrogens (tertiary/aromatic N) is 3. The Morgan fingerprint density at radius 2 is 0.810 bits per heavy atom. The van der Waals surface area contributed by atoms with Crippen molar-refractivity contribution in [2.45, 2.75) is 0 Å². The molecule has 0 saturated heterocycles. The van der Waals surface area contributed by atoms with Crippen molar-refractivity contribution in [2.24, 2.45) is 0 Å². The Hall–Kier alpha value is -7.89. The second-order valence-corrected chi connectivity index (χ2v) is 14.7. The first-order valence-corrected chi connectivity index (χ1v) is 19.4. The van der Waals surface area contributed by atoms with E-state index < -0.39 is 0 Å². The molecule has 0 radical (unpaired) electrons. The minimum Gasteiger partial charge on any atom is -0.456 e. The molecule has 0 unspecified atom stereocenters. The van der Waals surface area contributed by atoms with Crippen molar-refractivity contribution in [3.63, 3.8) is 0 Å². The molecule has 0 aliphatic rings. The first kappa shape index (κ1) is 32.4. The lowest BCUT2D eigenvalue weighted by molar-refractivity contribution is 0.668. The minimum absolute atomic E-state index is 0.534. The SMILES string of the molecule is c1ccc2cc(-c3nc(-c4cccc5c4oc4ccccc45)nc(-c4cccc5oc6cccc(-c7ccc(-c8cccc9ccccc89)cc7)c6c45)n3)ccc2c1. The normalized spacial score (nSPS) is 11.8. The maximum Gasteiger partial charge on any atom is 0.167 e. The van der Waals surface area contributed by atoms with Crippen LogP contribution in [0.1, 0.15) is 0 Å². The summed E-state index contributed by atoms with van der Waals surface area (Å²) < 4.78 is 13.1. The average Bonchev–Trinajstić information content (AvgIpc) is 3.87. The molecule has 0 spiro atoms. The summed E-state index contributed by atoms with van der Waals surface area (Å²) in [6.07, 6.45) is 0. The smallest absolute Gasteiger partial charge is 0.167 e. The van der Waals surface area contributed by atoms with Crippen LogP contribution in [0.2, 0.25) is 0 Å². The van der Waals surface area contributed by atoms with E-state index in [0.29, 0.717) is 17.5 Å². The van der Waals surface area contributed by atoms with Crippen LogP contribution in [0.5, 0.6) is 0 Å². The number of rotatable bonds is 5. The molecule has 58 heavy (non-hydrogen) atoms. The standard InChI is InChI=1S/C53H31N3O2/c1-2-13-36-31-37(30-25-32(36)11-1)51-54-52(56-53(55-51)44-21-8-19-42-41-16-5-6-22-45(41)58-50(42)44)43-20-10-24-47-49(43)48-40(18-9-23-46(48)57-47)35-28-26-34(27-29-35)39-17-7-14-33-12-3-4-15-38(33)39/h1-31H. The van der Waals surface area contributed by atoms with Crippen molar-refractivity contribution in [3.05, 3.63) is 188 Å².